The van der Waals surface area contributed by atoms with Gasteiger partial charge in [-0.25, -0.2) is 4.39 Å². The number of Topliss-reactive ketones (excluding diaryl/α,β-unsaturated/α-hetero) is 1. The van der Waals surface area contributed by atoms with Crippen molar-refractivity contribution in [3.8, 4) is 0 Å². The van der Waals surface area contributed by atoms with Crippen LogP contribution in [0.1, 0.15) is 31.1 Å². The first-order valence-electron chi connectivity index (χ1n) is 6.08. The lowest BCUT2D eigenvalue weighted by atomic mass is 9.98. The Morgan fingerprint density at radius 2 is 2.17 bits per heavy atom. The van der Waals surface area contributed by atoms with Crippen LogP contribution in [-0.4, -0.2) is 31.1 Å². The third-order valence-electron chi connectivity index (χ3n) is 3.28. The minimum Gasteiger partial charge on any atom is -0.377 e. The molecule has 0 spiro atoms. The van der Waals surface area contributed by atoms with Crippen molar-refractivity contribution >= 4 is 11.5 Å². The smallest absolute Gasteiger partial charge is 0.161 e. The minimum absolute atomic E-state index is 0.119. The zero-order valence-corrected chi connectivity index (χ0v) is 11.0. The number of halogens is 1. The largest absolute Gasteiger partial charge is 0.377 e. The van der Waals surface area contributed by atoms with Crippen LogP contribution < -0.4 is 4.90 Å². The van der Waals surface area contributed by atoms with Crippen LogP contribution in [0.4, 0.5) is 10.1 Å². The van der Waals surface area contributed by atoms with Gasteiger partial charge in [-0.1, -0.05) is 6.07 Å². The fourth-order valence-electron chi connectivity index (χ4n) is 2.35. The standard InChI is InChI=1S/C14H18FNO2/c1-10(17)11-5-4-6-12(15)13(11)16-7-8-18-9-14(16,2)3/h4-6H,7-9H2,1-3H3. The monoisotopic (exact) mass is 251 g/mol. The van der Waals surface area contributed by atoms with Crippen LogP contribution in [0.5, 0.6) is 0 Å². The number of ketones is 1. The molecule has 0 bridgehead atoms. The summed E-state index contributed by atoms with van der Waals surface area (Å²) in [4.78, 5) is 13.6. The van der Waals surface area contributed by atoms with E-state index in [1.54, 1.807) is 12.1 Å². The first-order valence-corrected chi connectivity index (χ1v) is 6.08. The van der Waals surface area contributed by atoms with E-state index in [-0.39, 0.29) is 17.1 Å². The number of carbonyl (C=O) groups excluding carboxylic acids is 1. The summed E-state index contributed by atoms with van der Waals surface area (Å²) in [6.45, 7) is 7.11. The number of nitrogens with zero attached hydrogens (tertiary/aromatic N) is 1. The SMILES string of the molecule is CC(=O)c1cccc(F)c1N1CCOCC1(C)C. The van der Waals surface area contributed by atoms with E-state index in [4.69, 9.17) is 4.74 Å². The summed E-state index contributed by atoms with van der Waals surface area (Å²) < 4.78 is 19.5. The van der Waals surface area contributed by atoms with Crippen molar-refractivity contribution in [1.82, 2.24) is 0 Å². The first kappa shape index (κ1) is 13.0. The van der Waals surface area contributed by atoms with Gasteiger partial charge in [0, 0.05) is 12.1 Å². The van der Waals surface area contributed by atoms with Gasteiger partial charge in [-0.05, 0) is 32.9 Å². The van der Waals surface area contributed by atoms with E-state index in [2.05, 4.69) is 0 Å². The zero-order valence-electron chi connectivity index (χ0n) is 11.0. The van der Waals surface area contributed by atoms with Crippen molar-refractivity contribution in [2.75, 3.05) is 24.7 Å². The summed E-state index contributed by atoms with van der Waals surface area (Å²) in [7, 11) is 0. The number of morpholine rings is 1. The molecule has 4 heteroatoms. The molecular weight excluding hydrogens is 233 g/mol. The highest BCUT2D eigenvalue weighted by atomic mass is 19.1. The van der Waals surface area contributed by atoms with Gasteiger partial charge in [0.15, 0.2) is 5.78 Å². The highest BCUT2D eigenvalue weighted by Gasteiger charge is 2.34. The topological polar surface area (TPSA) is 29.5 Å². The number of hydrogen-bond acceptors (Lipinski definition) is 3. The second kappa shape index (κ2) is 4.69. The van der Waals surface area contributed by atoms with E-state index in [0.29, 0.717) is 31.0 Å². The van der Waals surface area contributed by atoms with E-state index < -0.39 is 0 Å². The zero-order chi connectivity index (χ0) is 13.3. The molecule has 1 aromatic carbocycles. The molecule has 98 valence electrons. The molecule has 1 aromatic rings. The van der Waals surface area contributed by atoms with Crippen molar-refractivity contribution in [3.05, 3.63) is 29.6 Å². The van der Waals surface area contributed by atoms with Crippen molar-refractivity contribution < 1.29 is 13.9 Å². The van der Waals surface area contributed by atoms with Gasteiger partial charge in [-0.2, -0.15) is 0 Å². The Balaban J connectivity index is 2.52. The number of anilines is 1. The Kier molecular flexibility index (Phi) is 3.39. The van der Waals surface area contributed by atoms with E-state index in [9.17, 15) is 9.18 Å². The molecule has 0 radical (unpaired) electrons. The second-order valence-electron chi connectivity index (χ2n) is 5.21. The van der Waals surface area contributed by atoms with Gasteiger partial charge in [0.05, 0.1) is 24.4 Å². The summed E-state index contributed by atoms with van der Waals surface area (Å²) in [5.74, 6) is -0.468. The van der Waals surface area contributed by atoms with Gasteiger partial charge in [-0.15, -0.1) is 0 Å². The highest BCUT2D eigenvalue weighted by Crippen LogP contribution is 2.32. The van der Waals surface area contributed by atoms with Crippen LogP contribution in [0.15, 0.2) is 18.2 Å². The average molecular weight is 251 g/mol. The van der Waals surface area contributed by atoms with Gasteiger partial charge in [-0.3, -0.25) is 4.79 Å². The Bertz CT molecular complexity index is 471. The molecule has 1 saturated heterocycles. The molecule has 2 rings (SSSR count). The number of carbonyl (C=O) groups is 1. The predicted molar refractivity (Wildman–Crippen MR) is 68.6 cm³/mol. The lowest BCUT2D eigenvalue weighted by molar-refractivity contribution is 0.0638. The number of hydrogen-bond donors (Lipinski definition) is 0. The maximum atomic E-state index is 14.1. The molecular formula is C14H18FNO2. The van der Waals surface area contributed by atoms with Gasteiger partial charge in [0.1, 0.15) is 5.82 Å². The Hall–Kier alpha value is -1.42. The fraction of sp³-hybridized carbons (Fsp3) is 0.500. The number of para-hydroxylation sites is 1. The predicted octanol–water partition coefficient (Wildman–Crippen LogP) is 2.64. The first-order chi connectivity index (χ1) is 8.43. The summed E-state index contributed by atoms with van der Waals surface area (Å²) in [5, 5.41) is 0. The number of ether oxygens (including phenoxy) is 1. The molecule has 1 aliphatic heterocycles. The minimum atomic E-state index is -0.349. The summed E-state index contributed by atoms with van der Waals surface area (Å²) in [5.41, 5.74) is 0.522. The molecule has 0 amide bonds. The van der Waals surface area contributed by atoms with Gasteiger partial charge in [0.25, 0.3) is 0 Å². The summed E-state index contributed by atoms with van der Waals surface area (Å²) >= 11 is 0. The van der Waals surface area contributed by atoms with E-state index in [1.165, 1.54) is 13.0 Å². The number of benzene rings is 1. The van der Waals surface area contributed by atoms with Crippen LogP contribution in [0.25, 0.3) is 0 Å². The molecule has 18 heavy (non-hydrogen) atoms. The molecule has 0 aliphatic carbocycles. The van der Waals surface area contributed by atoms with Crippen LogP contribution in [0, 0.1) is 5.82 Å². The van der Waals surface area contributed by atoms with Crippen molar-refractivity contribution in [2.45, 2.75) is 26.3 Å². The van der Waals surface area contributed by atoms with Gasteiger partial charge >= 0.3 is 0 Å². The lowest BCUT2D eigenvalue weighted by Crippen LogP contribution is -2.54. The lowest BCUT2D eigenvalue weighted by Gasteiger charge is -2.44. The van der Waals surface area contributed by atoms with Gasteiger partial charge in [0.2, 0.25) is 0 Å². The van der Waals surface area contributed by atoms with Crippen molar-refractivity contribution in [3.63, 3.8) is 0 Å². The second-order valence-corrected chi connectivity index (χ2v) is 5.21. The number of rotatable bonds is 2. The normalized spacial score (nSPS) is 18.8. The third kappa shape index (κ3) is 2.25. The Morgan fingerprint density at radius 1 is 1.44 bits per heavy atom. The summed E-state index contributed by atoms with van der Waals surface area (Å²) in [6, 6.07) is 4.64. The Morgan fingerprint density at radius 3 is 2.78 bits per heavy atom. The van der Waals surface area contributed by atoms with Gasteiger partial charge < -0.3 is 9.64 Å². The molecule has 3 nitrogen and oxygen atoms in total. The molecule has 0 N–H and O–H groups in total. The molecule has 0 unspecified atom stereocenters. The molecule has 1 fully saturated rings. The average Bonchev–Trinajstić information content (AvgIpc) is 2.29. The molecule has 1 aliphatic rings. The summed E-state index contributed by atoms with van der Waals surface area (Å²) in [6.07, 6.45) is 0. The quantitative estimate of drug-likeness (QED) is 0.757. The van der Waals surface area contributed by atoms with E-state index in [1.807, 2.05) is 18.7 Å². The molecule has 0 atom stereocenters. The van der Waals surface area contributed by atoms with Crippen LogP contribution in [0.2, 0.25) is 0 Å². The van der Waals surface area contributed by atoms with Crippen molar-refractivity contribution in [2.24, 2.45) is 0 Å². The van der Waals surface area contributed by atoms with Crippen LogP contribution in [0.3, 0.4) is 0 Å². The van der Waals surface area contributed by atoms with Crippen LogP contribution in [-0.2, 0) is 4.74 Å². The third-order valence-corrected chi connectivity index (χ3v) is 3.28. The maximum absolute atomic E-state index is 14.1. The van der Waals surface area contributed by atoms with E-state index in [0.717, 1.165) is 0 Å². The maximum Gasteiger partial charge on any atom is 0.161 e. The highest BCUT2D eigenvalue weighted by molar-refractivity contribution is 6.00. The molecule has 1 heterocycles. The Labute approximate surface area is 107 Å². The van der Waals surface area contributed by atoms with E-state index >= 15 is 0 Å². The molecule has 0 aromatic heterocycles. The van der Waals surface area contributed by atoms with Crippen molar-refractivity contribution in [1.29, 1.82) is 0 Å². The fourth-order valence-corrected chi connectivity index (χ4v) is 2.35. The molecule has 0 saturated carbocycles. The van der Waals surface area contributed by atoms with Crippen LogP contribution >= 0.6 is 0 Å².